The van der Waals surface area contributed by atoms with Crippen LogP contribution in [0.5, 0.6) is 0 Å². The number of rotatable bonds is 1. The zero-order valence-corrected chi connectivity index (χ0v) is 8.23. The van der Waals surface area contributed by atoms with Crippen molar-refractivity contribution >= 4 is 11.6 Å². The molecule has 2 unspecified atom stereocenters. The molecular formula is C12H13NO. The SMILES string of the molecule is Cc1cccc(N2CC3CC3C2=O)c1. The zero-order valence-electron chi connectivity index (χ0n) is 8.23. The maximum atomic E-state index is 11.8. The third kappa shape index (κ3) is 1.07. The van der Waals surface area contributed by atoms with Crippen LogP contribution in [0.4, 0.5) is 5.69 Å². The quantitative estimate of drug-likeness (QED) is 0.658. The number of anilines is 1. The first-order chi connectivity index (χ1) is 6.75. The summed E-state index contributed by atoms with van der Waals surface area (Å²) in [6, 6.07) is 8.19. The highest BCUT2D eigenvalue weighted by Gasteiger charge is 2.52. The van der Waals surface area contributed by atoms with Gasteiger partial charge < -0.3 is 4.90 Å². The number of piperidine rings is 1. The minimum atomic E-state index is 0.334. The topological polar surface area (TPSA) is 20.3 Å². The van der Waals surface area contributed by atoms with Crippen molar-refractivity contribution in [1.29, 1.82) is 0 Å². The van der Waals surface area contributed by atoms with Gasteiger partial charge in [0, 0.05) is 18.2 Å². The van der Waals surface area contributed by atoms with E-state index in [4.69, 9.17) is 0 Å². The van der Waals surface area contributed by atoms with Gasteiger partial charge in [-0.05, 0) is 37.0 Å². The Hall–Kier alpha value is -1.31. The Morgan fingerprint density at radius 1 is 1.43 bits per heavy atom. The minimum absolute atomic E-state index is 0.334. The average Bonchev–Trinajstić information content (AvgIpc) is 2.86. The fourth-order valence-electron chi connectivity index (χ4n) is 2.30. The first kappa shape index (κ1) is 8.04. The lowest BCUT2D eigenvalue weighted by atomic mass is 10.2. The molecule has 1 saturated carbocycles. The predicted octanol–water partition coefficient (Wildman–Crippen LogP) is 1.98. The number of carbonyl (C=O) groups excluding carboxylic acids is 1. The number of carbonyl (C=O) groups is 1. The van der Waals surface area contributed by atoms with Crippen molar-refractivity contribution in [2.24, 2.45) is 11.8 Å². The highest BCUT2D eigenvalue weighted by molar-refractivity contribution is 5.99. The summed E-state index contributed by atoms with van der Waals surface area (Å²) in [6.07, 6.45) is 1.13. The van der Waals surface area contributed by atoms with Crippen LogP contribution in [0.2, 0.25) is 0 Å². The lowest BCUT2D eigenvalue weighted by Crippen LogP contribution is -2.27. The summed E-state index contributed by atoms with van der Waals surface area (Å²) in [7, 11) is 0. The van der Waals surface area contributed by atoms with E-state index < -0.39 is 0 Å². The molecule has 2 heteroatoms. The second-order valence-corrected chi connectivity index (χ2v) is 4.39. The maximum absolute atomic E-state index is 11.8. The van der Waals surface area contributed by atoms with Gasteiger partial charge in [-0.15, -0.1) is 0 Å². The smallest absolute Gasteiger partial charge is 0.230 e. The van der Waals surface area contributed by atoms with E-state index in [2.05, 4.69) is 19.1 Å². The Labute approximate surface area is 83.5 Å². The van der Waals surface area contributed by atoms with Crippen molar-refractivity contribution in [2.45, 2.75) is 13.3 Å². The first-order valence-corrected chi connectivity index (χ1v) is 5.14. The standard InChI is InChI=1S/C12H13NO/c1-8-3-2-4-10(5-8)13-7-9-6-11(9)12(13)14/h2-5,9,11H,6-7H2,1H3. The van der Waals surface area contributed by atoms with Crippen LogP contribution in [-0.4, -0.2) is 12.5 Å². The van der Waals surface area contributed by atoms with Crippen LogP contribution in [0.3, 0.4) is 0 Å². The molecular weight excluding hydrogens is 174 g/mol. The fraction of sp³-hybridized carbons (Fsp3) is 0.417. The first-order valence-electron chi connectivity index (χ1n) is 5.14. The molecule has 1 aromatic carbocycles. The molecule has 72 valence electrons. The normalized spacial score (nSPS) is 29.2. The van der Waals surface area contributed by atoms with Gasteiger partial charge in [-0.3, -0.25) is 4.79 Å². The van der Waals surface area contributed by atoms with E-state index in [1.807, 2.05) is 17.0 Å². The Morgan fingerprint density at radius 3 is 2.93 bits per heavy atom. The van der Waals surface area contributed by atoms with E-state index in [0.29, 0.717) is 17.7 Å². The Balaban J connectivity index is 1.92. The lowest BCUT2D eigenvalue weighted by Gasteiger charge is -2.18. The van der Waals surface area contributed by atoms with Gasteiger partial charge in [0.2, 0.25) is 5.91 Å². The van der Waals surface area contributed by atoms with Crippen molar-refractivity contribution in [1.82, 2.24) is 0 Å². The van der Waals surface area contributed by atoms with Crippen LogP contribution < -0.4 is 4.90 Å². The number of hydrogen-bond acceptors (Lipinski definition) is 1. The monoisotopic (exact) mass is 187 g/mol. The van der Waals surface area contributed by atoms with Crippen LogP contribution in [-0.2, 0) is 4.79 Å². The van der Waals surface area contributed by atoms with Gasteiger partial charge in [-0.2, -0.15) is 0 Å². The number of fused-ring (bicyclic) bond motifs is 1. The Kier molecular flexibility index (Phi) is 1.49. The van der Waals surface area contributed by atoms with Gasteiger partial charge in [0.25, 0.3) is 0 Å². The van der Waals surface area contributed by atoms with Gasteiger partial charge >= 0.3 is 0 Å². The maximum Gasteiger partial charge on any atom is 0.230 e. The highest BCUT2D eigenvalue weighted by Crippen LogP contribution is 2.47. The highest BCUT2D eigenvalue weighted by atomic mass is 16.2. The molecule has 2 fully saturated rings. The van der Waals surface area contributed by atoms with Crippen LogP contribution in [0.1, 0.15) is 12.0 Å². The molecule has 2 aliphatic rings. The molecule has 2 nitrogen and oxygen atoms in total. The second-order valence-electron chi connectivity index (χ2n) is 4.39. The van der Waals surface area contributed by atoms with Gasteiger partial charge in [-0.1, -0.05) is 12.1 Å². The minimum Gasteiger partial charge on any atom is -0.312 e. The summed E-state index contributed by atoms with van der Waals surface area (Å²) in [6.45, 7) is 3.00. The lowest BCUT2D eigenvalue weighted by molar-refractivity contribution is -0.118. The molecule has 1 aliphatic carbocycles. The van der Waals surface area contributed by atoms with Gasteiger partial charge in [0.15, 0.2) is 0 Å². The van der Waals surface area contributed by atoms with Crippen LogP contribution in [0.25, 0.3) is 0 Å². The number of hydrogen-bond donors (Lipinski definition) is 0. The molecule has 14 heavy (non-hydrogen) atoms. The molecule has 1 aromatic rings. The number of nitrogens with zero attached hydrogens (tertiary/aromatic N) is 1. The summed E-state index contributed by atoms with van der Waals surface area (Å²) in [5, 5.41) is 0. The number of benzene rings is 1. The van der Waals surface area contributed by atoms with Gasteiger partial charge in [-0.25, -0.2) is 0 Å². The van der Waals surface area contributed by atoms with Crippen molar-refractivity contribution in [3.8, 4) is 0 Å². The van der Waals surface area contributed by atoms with E-state index in [0.717, 1.165) is 18.7 Å². The van der Waals surface area contributed by atoms with E-state index in [1.54, 1.807) is 0 Å². The summed E-state index contributed by atoms with van der Waals surface area (Å²) < 4.78 is 0. The van der Waals surface area contributed by atoms with Crippen LogP contribution >= 0.6 is 0 Å². The molecule has 1 aliphatic heterocycles. The molecule has 0 radical (unpaired) electrons. The van der Waals surface area contributed by atoms with Crippen LogP contribution in [0, 0.1) is 18.8 Å². The average molecular weight is 187 g/mol. The fourth-order valence-corrected chi connectivity index (χ4v) is 2.30. The van der Waals surface area contributed by atoms with Gasteiger partial charge in [0.05, 0.1) is 0 Å². The van der Waals surface area contributed by atoms with Gasteiger partial charge in [0.1, 0.15) is 0 Å². The Morgan fingerprint density at radius 2 is 2.29 bits per heavy atom. The number of aryl methyl sites for hydroxylation is 1. The van der Waals surface area contributed by atoms with Crippen molar-refractivity contribution in [3.05, 3.63) is 29.8 Å². The summed E-state index contributed by atoms with van der Waals surface area (Å²) >= 11 is 0. The molecule has 0 aromatic heterocycles. The summed E-state index contributed by atoms with van der Waals surface area (Å²) in [4.78, 5) is 13.7. The molecule has 0 N–H and O–H groups in total. The second kappa shape index (κ2) is 2.59. The molecule has 1 amide bonds. The molecule has 0 bridgehead atoms. The van der Waals surface area contributed by atoms with Crippen molar-refractivity contribution in [3.63, 3.8) is 0 Å². The van der Waals surface area contributed by atoms with E-state index >= 15 is 0 Å². The Bertz CT molecular complexity index is 399. The molecule has 2 atom stereocenters. The van der Waals surface area contributed by atoms with Crippen molar-refractivity contribution < 1.29 is 4.79 Å². The summed E-state index contributed by atoms with van der Waals surface area (Å²) in [5.41, 5.74) is 2.29. The third-order valence-corrected chi connectivity index (χ3v) is 3.24. The van der Waals surface area contributed by atoms with Crippen molar-refractivity contribution in [2.75, 3.05) is 11.4 Å². The third-order valence-electron chi connectivity index (χ3n) is 3.24. The molecule has 3 rings (SSSR count). The largest absolute Gasteiger partial charge is 0.312 e. The molecule has 1 saturated heterocycles. The van der Waals surface area contributed by atoms with Crippen LogP contribution in [0.15, 0.2) is 24.3 Å². The molecule has 1 heterocycles. The van der Waals surface area contributed by atoms with E-state index in [9.17, 15) is 4.79 Å². The molecule has 0 spiro atoms. The number of amides is 1. The predicted molar refractivity (Wildman–Crippen MR) is 55.1 cm³/mol. The van der Waals surface area contributed by atoms with E-state index in [-0.39, 0.29) is 0 Å². The van der Waals surface area contributed by atoms with E-state index in [1.165, 1.54) is 5.56 Å². The zero-order chi connectivity index (χ0) is 9.71. The summed E-state index contributed by atoms with van der Waals surface area (Å²) in [5.74, 6) is 1.35.